The molecule has 0 bridgehead atoms. The SMILES string of the molecule is CCC(c1ccc(C)cc1)(c1ccc(C)cc1)c1ccc(C)cc1. The van der Waals surface area contributed by atoms with Crippen LogP contribution in [0.15, 0.2) is 72.8 Å². The van der Waals surface area contributed by atoms with Crippen molar-refractivity contribution in [1.29, 1.82) is 0 Å². The first-order valence-corrected chi connectivity index (χ1v) is 8.77. The van der Waals surface area contributed by atoms with Gasteiger partial charge in [-0.2, -0.15) is 0 Å². The minimum atomic E-state index is -0.102. The van der Waals surface area contributed by atoms with Gasteiger partial charge in [0.05, 0.1) is 0 Å². The normalized spacial score (nSPS) is 11.5. The Morgan fingerprint density at radius 2 is 0.750 bits per heavy atom. The predicted octanol–water partition coefficient (Wildman–Crippen LogP) is 6.36. The monoisotopic (exact) mass is 314 g/mol. The molecule has 3 aromatic rings. The maximum Gasteiger partial charge on any atom is 0.0448 e. The van der Waals surface area contributed by atoms with Gasteiger partial charge in [-0.3, -0.25) is 0 Å². The van der Waals surface area contributed by atoms with Gasteiger partial charge in [0.2, 0.25) is 0 Å². The summed E-state index contributed by atoms with van der Waals surface area (Å²) in [6, 6.07) is 27.1. The van der Waals surface area contributed by atoms with E-state index in [9.17, 15) is 0 Å². The van der Waals surface area contributed by atoms with Gasteiger partial charge < -0.3 is 0 Å². The van der Waals surface area contributed by atoms with E-state index in [2.05, 4.69) is 100 Å². The van der Waals surface area contributed by atoms with Crippen molar-refractivity contribution in [3.63, 3.8) is 0 Å². The molecule has 0 aliphatic rings. The second kappa shape index (κ2) is 6.65. The molecule has 3 rings (SSSR count). The Kier molecular flexibility index (Phi) is 4.57. The lowest BCUT2D eigenvalue weighted by atomic mass is 9.67. The first-order valence-electron chi connectivity index (χ1n) is 8.77. The molecule has 0 radical (unpaired) electrons. The Balaban J connectivity index is 2.27. The number of hydrogen-bond acceptors (Lipinski definition) is 0. The van der Waals surface area contributed by atoms with Crippen LogP contribution in [0.1, 0.15) is 46.7 Å². The lowest BCUT2D eigenvalue weighted by Crippen LogP contribution is -2.28. The van der Waals surface area contributed by atoms with Crippen LogP contribution < -0.4 is 0 Å². The second-order valence-electron chi connectivity index (χ2n) is 6.86. The Morgan fingerprint density at radius 1 is 0.500 bits per heavy atom. The van der Waals surface area contributed by atoms with Crippen LogP contribution in [0, 0.1) is 20.8 Å². The fourth-order valence-corrected chi connectivity index (χ4v) is 3.63. The molecule has 0 aliphatic heterocycles. The Morgan fingerprint density at radius 3 is 0.958 bits per heavy atom. The molecule has 0 fully saturated rings. The second-order valence-corrected chi connectivity index (χ2v) is 6.86. The molecule has 0 heteroatoms. The van der Waals surface area contributed by atoms with Crippen molar-refractivity contribution < 1.29 is 0 Å². The van der Waals surface area contributed by atoms with E-state index >= 15 is 0 Å². The Bertz CT molecular complexity index is 679. The lowest BCUT2D eigenvalue weighted by molar-refractivity contribution is 0.593. The van der Waals surface area contributed by atoms with Gasteiger partial charge in [-0.1, -0.05) is 96.4 Å². The van der Waals surface area contributed by atoms with Crippen LogP contribution in [0.25, 0.3) is 0 Å². The van der Waals surface area contributed by atoms with Crippen molar-refractivity contribution >= 4 is 0 Å². The molecule has 0 aromatic heterocycles. The molecule has 0 heterocycles. The van der Waals surface area contributed by atoms with E-state index in [4.69, 9.17) is 0 Å². The van der Waals surface area contributed by atoms with Gasteiger partial charge in [0.15, 0.2) is 0 Å². The Labute approximate surface area is 146 Å². The zero-order chi connectivity index (χ0) is 17.2. The third kappa shape index (κ3) is 2.89. The first-order chi connectivity index (χ1) is 11.6. The zero-order valence-corrected chi connectivity index (χ0v) is 15.1. The van der Waals surface area contributed by atoms with E-state index in [-0.39, 0.29) is 5.41 Å². The molecule has 0 spiro atoms. The highest BCUT2D eigenvalue weighted by atomic mass is 14.4. The summed E-state index contributed by atoms with van der Waals surface area (Å²) in [4.78, 5) is 0. The number of hydrogen-bond donors (Lipinski definition) is 0. The average Bonchev–Trinajstić information content (AvgIpc) is 2.60. The summed E-state index contributed by atoms with van der Waals surface area (Å²) in [5, 5.41) is 0. The molecule has 0 N–H and O–H groups in total. The van der Waals surface area contributed by atoms with Crippen LogP contribution in [0.5, 0.6) is 0 Å². The standard InChI is InChI=1S/C24H26/c1-5-24(21-12-6-18(2)7-13-21,22-14-8-19(3)9-15-22)23-16-10-20(4)11-17-23/h6-17H,5H2,1-4H3. The minimum Gasteiger partial charge on any atom is -0.0639 e. The van der Waals surface area contributed by atoms with Crippen LogP contribution in [-0.4, -0.2) is 0 Å². The van der Waals surface area contributed by atoms with Gasteiger partial charge in [0.25, 0.3) is 0 Å². The van der Waals surface area contributed by atoms with Gasteiger partial charge >= 0.3 is 0 Å². The van der Waals surface area contributed by atoms with Crippen molar-refractivity contribution in [1.82, 2.24) is 0 Å². The summed E-state index contributed by atoms with van der Waals surface area (Å²) >= 11 is 0. The van der Waals surface area contributed by atoms with Crippen molar-refractivity contribution in [2.24, 2.45) is 0 Å². The minimum absolute atomic E-state index is 0.102. The molecular formula is C24H26. The summed E-state index contributed by atoms with van der Waals surface area (Å²) in [5.41, 5.74) is 7.90. The highest BCUT2D eigenvalue weighted by molar-refractivity contribution is 5.51. The maximum atomic E-state index is 2.29. The van der Waals surface area contributed by atoms with Gasteiger partial charge in [0.1, 0.15) is 0 Å². The van der Waals surface area contributed by atoms with E-state index in [0.29, 0.717) is 0 Å². The Hall–Kier alpha value is -2.34. The van der Waals surface area contributed by atoms with Crippen molar-refractivity contribution in [3.8, 4) is 0 Å². The van der Waals surface area contributed by atoms with Gasteiger partial charge in [0, 0.05) is 5.41 Å². The first kappa shape index (κ1) is 16.5. The quantitative estimate of drug-likeness (QED) is 0.492. The largest absolute Gasteiger partial charge is 0.0639 e. The van der Waals surface area contributed by atoms with Crippen LogP contribution in [0.4, 0.5) is 0 Å². The molecule has 0 nitrogen and oxygen atoms in total. The molecule has 0 amide bonds. The van der Waals surface area contributed by atoms with E-state index in [1.807, 2.05) is 0 Å². The summed E-state index contributed by atoms with van der Waals surface area (Å²) in [7, 11) is 0. The molecule has 0 aliphatic carbocycles. The molecule has 3 aromatic carbocycles. The number of aryl methyl sites for hydroxylation is 3. The highest BCUT2D eigenvalue weighted by Gasteiger charge is 2.34. The van der Waals surface area contributed by atoms with Crippen LogP contribution >= 0.6 is 0 Å². The molecule has 0 saturated carbocycles. The third-order valence-corrected chi connectivity index (χ3v) is 5.16. The molecule has 0 atom stereocenters. The van der Waals surface area contributed by atoms with Crippen LogP contribution in [0.3, 0.4) is 0 Å². The molecule has 0 saturated heterocycles. The van der Waals surface area contributed by atoms with Crippen LogP contribution in [-0.2, 0) is 5.41 Å². The van der Waals surface area contributed by atoms with Crippen molar-refractivity contribution in [3.05, 3.63) is 106 Å². The van der Waals surface area contributed by atoms with Crippen molar-refractivity contribution in [2.45, 2.75) is 39.5 Å². The van der Waals surface area contributed by atoms with E-state index in [1.165, 1.54) is 33.4 Å². The zero-order valence-electron chi connectivity index (χ0n) is 15.1. The van der Waals surface area contributed by atoms with E-state index < -0.39 is 0 Å². The highest BCUT2D eigenvalue weighted by Crippen LogP contribution is 2.42. The van der Waals surface area contributed by atoms with Gasteiger partial charge in [-0.05, 0) is 43.9 Å². The number of benzene rings is 3. The smallest absolute Gasteiger partial charge is 0.0448 e. The summed E-state index contributed by atoms with van der Waals surface area (Å²) in [6.07, 6.45) is 1.03. The maximum absolute atomic E-state index is 2.29. The molecule has 122 valence electrons. The van der Waals surface area contributed by atoms with Crippen molar-refractivity contribution in [2.75, 3.05) is 0 Å². The van der Waals surface area contributed by atoms with Gasteiger partial charge in [-0.25, -0.2) is 0 Å². The van der Waals surface area contributed by atoms with Gasteiger partial charge in [-0.15, -0.1) is 0 Å². The van der Waals surface area contributed by atoms with E-state index in [0.717, 1.165) is 6.42 Å². The third-order valence-electron chi connectivity index (χ3n) is 5.16. The van der Waals surface area contributed by atoms with E-state index in [1.54, 1.807) is 0 Å². The molecule has 0 unspecified atom stereocenters. The lowest BCUT2D eigenvalue weighted by Gasteiger charge is -2.35. The number of rotatable bonds is 4. The summed E-state index contributed by atoms with van der Waals surface area (Å²) in [6.45, 7) is 8.74. The molecular weight excluding hydrogens is 288 g/mol. The fourth-order valence-electron chi connectivity index (χ4n) is 3.63. The summed E-state index contributed by atoms with van der Waals surface area (Å²) in [5.74, 6) is 0. The summed E-state index contributed by atoms with van der Waals surface area (Å²) < 4.78 is 0. The average molecular weight is 314 g/mol. The fraction of sp³-hybridized carbons (Fsp3) is 0.250. The molecule has 24 heavy (non-hydrogen) atoms. The predicted molar refractivity (Wildman–Crippen MR) is 104 cm³/mol. The van der Waals surface area contributed by atoms with Crippen LogP contribution in [0.2, 0.25) is 0 Å². The topological polar surface area (TPSA) is 0 Å².